The molecule has 1 atom stereocenters. The summed E-state index contributed by atoms with van der Waals surface area (Å²) < 4.78 is 16.6. The number of hydrogen-bond acceptors (Lipinski definition) is 5. The predicted octanol–water partition coefficient (Wildman–Crippen LogP) is 4.55. The molecule has 158 valence electrons. The number of ether oxygens (including phenoxy) is 3. The fourth-order valence-corrected chi connectivity index (χ4v) is 4.06. The molecule has 0 radical (unpaired) electrons. The Morgan fingerprint density at radius 3 is 2.63 bits per heavy atom. The van der Waals surface area contributed by atoms with E-state index in [4.69, 9.17) is 14.2 Å². The summed E-state index contributed by atoms with van der Waals surface area (Å²) in [6.45, 7) is 1.25. The third-order valence-corrected chi connectivity index (χ3v) is 6.00. The van der Waals surface area contributed by atoms with Gasteiger partial charge in [-0.3, -0.25) is 4.79 Å². The molecule has 1 unspecified atom stereocenters. The van der Waals surface area contributed by atoms with Crippen LogP contribution in [0.4, 0.5) is 5.69 Å². The molecule has 4 rings (SSSR count). The molecule has 1 amide bonds. The molecule has 2 aromatic rings. The molecule has 0 fully saturated rings. The van der Waals surface area contributed by atoms with E-state index >= 15 is 0 Å². The SMILES string of the molecule is COc1ccc(C2=CN3C(=O)c4cc(OC)c(OCCCBr)cc4NCC3C2)cc1. The number of amides is 1. The second kappa shape index (κ2) is 9.00. The fourth-order valence-electron chi connectivity index (χ4n) is 3.83. The number of carbonyl (C=O) groups excluding carboxylic acids is 1. The van der Waals surface area contributed by atoms with Gasteiger partial charge in [-0.15, -0.1) is 0 Å². The van der Waals surface area contributed by atoms with Crippen LogP contribution in [0.5, 0.6) is 17.2 Å². The highest BCUT2D eigenvalue weighted by Gasteiger charge is 2.34. The molecule has 2 aliphatic heterocycles. The van der Waals surface area contributed by atoms with Gasteiger partial charge in [0.2, 0.25) is 0 Å². The molecule has 1 N–H and O–H groups in total. The predicted molar refractivity (Wildman–Crippen MR) is 121 cm³/mol. The number of rotatable bonds is 7. The highest BCUT2D eigenvalue weighted by molar-refractivity contribution is 9.09. The molecule has 0 aliphatic carbocycles. The smallest absolute Gasteiger partial charge is 0.260 e. The number of methoxy groups -OCH3 is 2. The van der Waals surface area contributed by atoms with Crippen molar-refractivity contribution in [2.75, 3.05) is 38.0 Å². The molecule has 2 heterocycles. The Morgan fingerprint density at radius 2 is 1.93 bits per heavy atom. The Labute approximate surface area is 184 Å². The van der Waals surface area contributed by atoms with E-state index in [9.17, 15) is 4.79 Å². The lowest BCUT2D eigenvalue weighted by Crippen LogP contribution is -2.34. The van der Waals surface area contributed by atoms with E-state index in [1.54, 1.807) is 20.3 Å². The molecule has 2 aromatic carbocycles. The van der Waals surface area contributed by atoms with E-state index in [0.29, 0.717) is 30.2 Å². The molecule has 30 heavy (non-hydrogen) atoms. The Morgan fingerprint density at radius 1 is 1.13 bits per heavy atom. The summed E-state index contributed by atoms with van der Waals surface area (Å²) in [6.07, 6.45) is 3.66. The van der Waals surface area contributed by atoms with Gasteiger partial charge in [-0.05, 0) is 42.2 Å². The molecule has 6 nitrogen and oxygen atoms in total. The van der Waals surface area contributed by atoms with Gasteiger partial charge in [0, 0.05) is 24.1 Å². The topological polar surface area (TPSA) is 60.0 Å². The number of anilines is 1. The number of nitrogens with one attached hydrogen (secondary N) is 1. The van der Waals surface area contributed by atoms with Crippen molar-refractivity contribution in [1.82, 2.24) is 4.90 Å². The molecule has 7 heteroatoms. The number of nitrogens with zero attached hydrogens (tertiary/aromatic N) is 1. The first-order valence-corrected chi connectivity index (χ1v) is 11.1. The van der Waals surface area contributed by atoms with Gasteiger partial charge in [0.1, 0.15) is 5.75 Å². The van der Waals surface area contributed by atoms with Crippen LogP contribution in [0.3, 0.4) is 0 Å². The maximum absolute atomic E-state index is 13.4. The zero-order valence-electron chi connectivity index (χ0n) is 17.1. The van der Waals surface area contributed by atoms with Gasteiger partial charge >= 0.3 is 0 Å². The fraction of sp³-hybridized carbons (Fsp3) is 0.348. The number of carbonyl (C=O) groups is 1. The minimum atomic E-state index is -0.0335. The monoisotopic (exact) mass is 472 g/mol. The zero-order chi connectivity index (χ0) is 21.1. The highest BCUT2D eigenvalue weighted by Crippen LogP contribution is 2.39. The zero-order valence-corrected chi connectivity index (χ0v) is 18.7. The third-order valence-electron chi connectivity index (χ3n) is 5.44. The molecular formula is C23H25BrN2O4. The van der Waals surface area contributed by atoms with E-state index in [1.807, 2.05) is 41.4 Å². The van der Waals surface area contributed by atoms with Crippen LogP contribution in [0.25, 0.3) is 5.57 Å². The summed E-state index contributed by atoms with van der Waals surface area (Å²) in [6, 6.07) is 11.6. The standard InChI is InChI=1S/C23H25BrN2O4/c1-28-18-6-4-15(5-7-18)16-10-17-13-25-20-12-22(30-9-3-8-24)21(29-2)11-19(20)23(27)26(17)14-16/h4-7,11-12,14,17,25H,3,8-10,13H2,1-2H3. The first kappa shape index (κ1) is 20.6. The summed E-state index contributed by atoms with van der Waals surface area (Å²) in [5.41, 5.74) is 3.62. The summed E-state index contributed by atoms with van der Waals surface area (Å²) in [4.78, 5) is 15.2. The maximum Gasteiger partial charge on any atom is 0.260 e. The van der Waals surface area contributed by atoms with Crippen LogP contribution in [-0.2, 0) is 0 Å². The Bertz CT molecular complexity index is 958. The lowest BCUT2D eigenvalue weighted by Gasteiger charge is -2.20. The molecule has 0 saturated heterocycles. The van der Waals surface area contributed by atoms with Crippen molar-refractivity contribution >= 4 is 33.1 Å². The van der Waals surface area contributed by atoms with Gasteiger partial charge < -0.3 is 24.4 Å². The van der Waals surface area contributed by atoms with E-state index < -0.39 is 0 Å². The van der Waals surface area contributed by atoms with Gasteiger partial charge in [0.05, 0.1) is 38.1 Å². The number of halogens is 1. The van der Waals surface area contributed by atoms with Crippen molar-refractivity contribution in [3.63, 3.8) is 0 Å². The number of hydrogen-bond donors (Lipinski definition) is 1. The second-order valence-electron chi connectivity index (χ2n) is 7.27. The second-order valence-corrected chi connectivity index (χ2v) is 8.07. The first-order valence-electron chi connectivity index (χ1n) is 9.97. The van der Waals surface area contributed by atoms with Crippen LogP contribution in [0.2, 0.25) is 0 Å². The lowest BCUT2D eigenvalue weighted by molar-refractivity contribution is 0.0796. The van der Waals surface area contributed by atoms with Crippen LogP contribution >= 0.6 is 15.9 Å². The van der Waals surface area contributed by atoms with Crippen molar-refractivity contribution in [3.8, 4) is 17.2 Å². The van der Waals surface area contributed by atoms with Crippen LogP contribution in [0.1, 0.15) is 28.8 Å². The molecule has 0 aromatic heterocycles. The van der Waals surface area contributed by atoms with Crippen molar-refractivity contribution in [2.24, 2.45) is 0 Å². The van der Waals surface area contributed by atoms with E-state index in [0.717, 1.165) is 40.7 Å². The van der Waals surface area contributed by atoms with Crippen LogP contribution < -0.4 is 19.5 Å². The molecule has 0 spiro atoms. The van der Waals surface area contributed by atoms with Crippen LogP contribution in [0.15, 0.2) is 42.6 Å². The van der Waals surface area contributed by atoms with E-state index in [2.05, 4.69) is 21.2 Å². The molecule has 0 bridgehead atoms. The number of benzene rings is 2. The summed E-state index contributed by atoms with van der Waals surface area (Å²) in [5.74, 6) is 2.00. The van der Waals surface area contributed by atoms with Crippen LogP contribution in [-0.4, -0.2) is 49.6 Å². The number of alkyl halides is 1. The van der Waals surface area contributed by atoms with Crippen LogP contribution in [0, 0.1) is 0 Å². The van der Waals surface area contributed by atoms with E-state index in [1.165, 1.54) is 0 Å². The maximum atomic E-state index is 13.4. The lowest BCUT2D eigenvalue weighted by atomic mass is 10.0. The minimum Gasteiger partial charge on any atom is -0.497 e. The average Bonchev–Trinajstić information content (AvgIpc) is 3.16. The van der Waals surface area contributed by atoms with Gasteiger partial charge in [-0.25, -0.2) is 0 Å². The van der Waals surface area contributed by atoms with Gasteiger partial charge in [0.15, 0.2) is 11.5 Å². The largest absolute Gasteiger partial charge is 0.497 e. The Hall–Kier alpha value is -2.67. The Balaban J connectivity index is 1.61. The van der Waals surface area contributed by atoms with Crippen molar-refractivity contribution in [1.29, 1.82) is 0 Å². The van der Waals surface area contributed by atoms with Crippen molar-refractivity contribution in [3.05, 3.63) is 53.7 Å². The van der Waals surface area contributed by atoms with Gasteiger partial charge in [0.25, 0.3) is 5.91 Å². The molecular weight excluding hydrogens is 448 g/mol. The first-order chi connectivity index (χ1) is 14.6. The van der Waals surface area contributed by atoms with Crippen molar-refractivity contribution in [2.45, 2.75) is 18.9 Å². The average molecular weight is 473 g/mol. The normalized spacial score (nSPS) is 17.4. The third kappa shape index (κ3) is 3.99. The Kier molecular flexibility index (Phi) is 6.18. The summed E-state index contributed by atoms with van der Waals surface area (Å²) >= 11 is 3.41. The highest BCUT2D eigenvalue weighted by atomic mass is 79.9. The molecule has 0 saturated carbocycles. The number of fused-ring (bicyclic) bond motifs is 2. The summed E-state index contributed by atoms with van der Waals surface area (Å²) in [5, 5.41) is 4.31. The molecule has 2 aliphatic rings. The van der Waals surface area contributed by atoms with E-state index in [-0.39, 0.29) is 11.9 Å². The van der Waals surface area contributed by atoms with Gasteiger partial charge in [-0.2, -0.15) is 0 Å². The summed E-state index contributed by atoms with van der Waals surface area (Å²) in [7, 11) is 3.25. The minimum absolute atomic E-state index is 0.0335. The van der Waals surface area contributed by atoms with Crippen molar-refractivity contribution < 1.29 is 19.0 Å². The quantitative estimate of drug-likeness (QED) is 0.473. The van der Waals surface area contributed by atoms with Gasteiger partial charge in [-0.1, -0.05) is 28.1 Å².